The Hall–Kier alpha value is -3.39. The van der Waals surface area contributed by atoms with E-state index in [2.05, 4.69) is 20.5 Å². The molecule has 0 aliphatic carbocycles. The van der Waals surface area contributed by atoms with Gasteiger partial charge in [0.15, 0.2) is 5.82 Å². The zero-order valence-electron chi connectivity index (χ0n) is 16.7. The Morgan fingerprint density at radius 3 is 2.63 bits per heavy atom. The van der Waals surface area contributed by atoms with Crippen molar-refractivity contribution < 1.29 is 18.3 Å². The number of halogens is 2. The summed E-state index contributed by atoms with van der Waals surface area (Å²) >= 11 is 0. The molecule has 0 saturated heterocycles. The smallest absolute Gasteiger partial charge is 0.256 e. The monoisotopic (exact) mass is 412 g/mol. The van der Waals surface area contributed by atoms with Gasteiger partial charge in [-0.2, -0.15) is 5.10 Å². The van der Waals surface area contributed by atoms with Crippen molar-refractivity contribution in [3.63, 3.8) is 0 Å². The maximum absolute atomic E-state index is 13.4. The van der Waals surface area contributed by atoms with E-state index in [1.54, 1.807) is 25.3 Å². The van der Waals surface area contributed by atoms with Crippen LogP contribution in [0.4, 0.5) is 14.6 Å². The zero-order valence-corrected chi connectivity index (χ0v) is 16.7. The van der Waals surface area contributed by atoms with Gasteiger partial charge in [0.25, 0.3) is 5.91 Å². The number of amidine groups is 1. The van der Waals surface area contributed by atoms with Crippen molar-refractivity contribution in [3.05, 3.63) is 71.8 Å². The van der Waals surface area contributed by atoms with Crippen molar-refractivity contribution in [1.82, 2.24) is 15.5 Å². The molecule has 2 aromatic carbocycles. The number of aromatic nitrogens is 2. The largest absolute Gasteiger partial charge is 0.384 e. The van der Waals surface area contributed by atoms with Crippen molar-refractivity contribution in [2.45, 2.75) is 13.3 Å². The fourth-order valence-corrected chi connectivity index (χ4v) is 2.92. The van der Waals surface area contributed by atoms with Crippen molar-refractivity contribution in [1.29, 1.82) is 0 Å². The van der Waals surface area contributed by atoms with Gasteiger partial charge in [-0.1, -0.05) is 13.0 Å². The molecule has 1 aromatic heterocycles. The fraction of sp³-hybridized carbons (Fsp3) is 0.227. The highest BCUT2D eigenvalue weighted by Crippen LogP contribution is 2.22. The zero-order chi connectivity index (χ0) is 21.5. The SMILES string of the molecule is COC[C@H](C)CC(=Nc1cc(-c2ccc(F)cc2)[nH]n1)NC(=O)c1cccc(F)c1. The summed E-state index contributed by atoms with van der Waals surface area (Å²) in [4.78, 5) is 17.0. The molecule has 156 valence electrons. The number of rotatable bonds is 7. The van der Waals surface area contributed by atoms with E-state index >= 15 is 0 Å². The molecule has 30 heavy (non-hydrogen) atoms. The quantitative estimate of drug-likeness (QED) is 0.443. The highest BCUT2D eigenvalue weighted by Gasteiger charge is 2.14. The summed E-state index contributed by atoms with van der Waals surface area (Å²) in [7, 11) is 1.60. The van der Waals surface area contributed by atoms with E-state index in [0.29, 0.717) is 30.4 Å². The Labute approximate surface area is 173 Å². The van der Waals surface area contributed by atoms with E-state index in [4.69, 9.17) is 4.74 Å². The number of carbonyl (C=O) groups excluding carboxylic acids is 1. The standard InChI is InChI=1S/C22H22F2N4O2/c1-14(13-30-2)10-20(26-22(29)16-4-3-5-18(24)11-16)25-21-12-19(27-28-21)15-6-8-17(23)9-7-15/h3-9,11-12,14H,10,13H2,1-2H3,(H2,25,26,27,28,29)/t14-/m1/s1. The Morgan fingerprint density at radius 2 is 1.93 bits per heavy atom. The summed E-state index contributed by atoms with van der Waals surface area (Å²) in [6.45, 7) is 2.44. The van der Waals surface area contributed by atoms with Crippen LogP contribution in [-0.2, 0) is 4.74 Å². The van der Waals surface area contributed by atoms with E-state index < -0.39 is 11.7 Å². The topological polar surface area (TPSA) is 79.4 Å². The summed E-state index contributed by atoms with van der Waals surface area (Å²) in [5.41, 5.74) is 1.61. The number of nitrogens with one attached hydrogen (secondary N) is 2. The van der Waals surface area contributed by atoms with Crippen LogP contribution in [0.5, 0.6) is 0 Å². The Morgan fingerprint density at radius 1 is 1.17 bits per heavy atom. The average molecular weight is 412 g/mol. The molecule has 0 aliphatic heterocycles. The molecule has 6 nitrogen and oxygen atoms in total. The molecule has 0 saturated carbocycles. The number of H-pyrrole nitrogens is 1. The van der Waals surface area contributed by atoms with Crippen LogP contribution in [0.3, 0.4) is 0 Å². The van der Waals surface area contributed by atoms with Crippen LogP contribution < -0.4 is 5.32 Å². The van der Waals surface area contributed by atoms with Gasteiger partial charge in [0.2, 0.25) is 0 Å². The second kappa shape index (κ2) is 9.89. The van der Waals surface area contributed by atoms with E-state index in [1.807, 2.05) is 6.92 Å². The van der Waals surface area contributed by atoms with Gasteiger partial charge in [0.1, 0.15) is 17.5 Å². The van der Waals surface area contributed by atoms with Crippen LogP contribution in [-0.4, -0.2) is 35.7 Å². The van der Waals surface area contributed by atoms with Crippen molar-refractivity contribution in [3.8, 4) is 11.3 Å². The third kappa shape index (κ3) is 5.81. The number of benzene rings is 2. The second-order valence-corrected chi connectivity index (χ2v) is 6.93. The third-order valence-corrected chi connectivity index (χ3v) is 4.31. The van der Waals surface area contributed by atoms with Gasteiger partial charge in [0, 0.05) is 31.8 Å². The van der Waals surface area contributed by atoms with Gasteiger partial charge < -0.3 is 10.1 Å². The lowest BCUT2D eigenvalue weighted by molar-refractivity contribution is 0.0974. The van der Waals surface area contributed by atoms with Crippen LogP contribution in [0.25, 0.3) is 11.3 Å². The van der Waals surface area contributed by atoms with Crippen molar-refractivity contribution in [2.75, 3.05) is 13.7 Å². The maximum Gasteiger partial charge on any atom is 0.256 e. The van der Waals surface area contributed by atoms with E-state index in [9.17, 15) is 13.6 Å². The summed E-state index contributed by atoms with van der Waals surface area (Å²) < 4.78 is 31.7. The van der Waals surface area contributed by atoms with Crippen molar-refractivity contribution in [2.24, 2.45) is 10.9 Å². The third-order valence-electron chi connectivity index (χ3n) is 4.31. The molecular weight excluding hydrogens is 390 g/mol. The van der Waals surface area contributed by atoms with Crippen molar-refractivity contribution >= 4 is 17.6 Å². The maximum atomic E-state index is 13.4. The minimum Gasteiger partial charge on any atom is -0.384 e. The molecule has 1 amide bonds. The Kier molecular flexibility index (Phi) is 7.03. The molecule has 0 unspecified atom stereocenters. The molecule has 0 aliphatic rings. The number of amides is 1. The summed E-state index contributed by atoms with van der Waals surface area (Å²) in [6, 6.07) is 13.1. The lowest BCUT2D eigenvalue weighted by Crippen LogP contribution is -2.32. The molecule has 0 bridgehead atoms. The number of nitrogens with zero attached hydrogens (tertiary/aromatic N) is 2. The van der Waals surface area contributed by atoms with Gasteiger partial charge >= 0.3 is 0 Å². The van der Waals surface area contributed by atoms with Crippen LogP contribution >= 0.6 is 0 Å². The Bertz CT molecular complexity index is 1030. The first-order valence-electron chi connectivity index (χ1n) is 9.39. The number of aromatic amines is 1. The summed E-state index contributed by atoms with van der Waals surface area (Å²) in [6.07, 6.45) is 0.424. The highest BCUT2D eigenvalue weighted by molar-refractivity contribution is 6.07. The molecule has 2 N–H and O–H groups in total. The summed E-state index contributed by atoms with van der Waals surface area (Å²) in [5, 5.41) is 9.74. The predicted molar refractivity (Wildman–Crippen MR) is 111 cm³/mol. The van der Waals surface area contributed by atoms with Crippen LogP contribution in [0.1, 0.15) is 23.7 Å². The lowest BCUT2D eigenvalue weighted by atomic mass is 10.1. The molecular formula is C22H22F2N4O2. The number of aliphatic imine (C=N–C) groups is 1. The average Bonchev–Trinajstić information content (AvgIpc) is 3.17. The number of hydrogen-bond donors (Lipinski definition) is 2. The number of hydrogen-bond acceptors (Lipinski definition) is 4. The van der Waals surface area contributed by atoms with Gasteiger partial charge in [-0.15, -0.1) is 0 Å². The molecule has 0 fully saturated rings. The molecule has 8 heteroatoms. The molecule has 3 aromatic rings. The van der Waals surface area contributed by atoms with Crippen LogP contribution in [0, 0.1) is 17.6 Å². The van der Waals surface area contributed by atoms with Crippen LogP contribution in [0.15, 0.2) is 59.6 Å². The first-order chi connectivity index (χ1) is 14.4. The van der Waals surface area contributed by atoms with Gasteiger partial charge in [-0.25, -0.2) is 13.8 Å². The lowest BCUT2D eigenvalue weighted by Gasteiger charge is -2.13. The molecule has 0 radical (unpaired) electrons. The molecule has 3 rings (SSSR count). The molecule has 1 heterocycles. The minimum atomic E-state index is -0.495. The first-order valence-corrected chi connectivity index (χ1v) is 9.39. The molecule has 0 spiro atoms. The molecule has 1 atom stereocenters. The predicted octanol–water partition coefficient (Wildman–Crippen LogP) is 4.49. The normalized spacial score (nSPS) is 12.6. The number of ether oxygens (including phenoxy) is 1. The summed E-state index contributed by atoms with van der Waals surface area (Å²) in [5.74, 6) is -0.472. The van der Waals surface area contributed by atoms with E-state index in [0.717, 1.165) is 11.6 Å². The van der Waals surface area contributed by atoms with Gasteiger partial charge in [0.05, 0.1) is 5.69 Å². The highest BCUT2D eigenvalue weighted by atomic mass is 19.1. The van der Waals surface area contributed by atoms with Crippen LogP contribution in [0.2, 0.25) is 0 Å². The second-order valence-electron chi connectivity index (χ2n) is 6.93. The van der Waals surface area contributed by atoms with E-state index in [1.165, 1.54) is 30.3 Å². The first kappa shape index (κ1) is 21.3. The van der Waals surface area contributed by atoms with Gasteiger partial charge in [-0.05, 0) is 53.9 Å². The van der Waals surface area contributed by atoms with Gasteiger partial charge in [-0.3, -0.25) is 9.89 Å². The Balaban J connectivity index is 1.83. The number of methoxy groups -OCH3 is 1. The minimum absolute atomic E-state index is 0.0806. The fourth-order valence-electron chi connectivity index (χ4n) is 2.92. The number of carbonyl (C=O) groups is 1. The van der Waals surface area contributed by atoms with E-state index in [-0.39, 0.29) is 17.3 Å².